The van der Waals surface area contributed by atoms with Crippen LogP contribution in [-0.4, -0.2) is 12.9 Å². The lowest BCUT2D eigenvalue weighted by Crippen LogP contribution is -2.02. The highest BCUT2D eigenvalue weighted by molar-refractivity contribution is 9.10. The second-order valence-corrected chi connectivity index (χ2v) is 3.94. The number of hydrogen-bond acceptors (Lipinski definition) is 2. The van der Waals surface area contributed by atoms with Crippen molar-refractivity contribution in [2.75, 3.05) is 6.26 Å². The highest BCUT2D eigenvalue weighted by Gasteiger charge is 2.09. The van der Waals surface area contributed by atoms with Crippen LogP contribution < -0.4 is 4.74 Å². The molecule has 13 heavy (non-hydrogen) atoms. The number of halogens is 3. The summed E-state index contributed by atoms with van der Waals surface area (Å²) in [5, 5.41) is 0. The molecule has 1 rings (SSSR count). The van der Waals surface area contributed by atoms with E-state index < -0.39 is 6.61 Å². The number of hydrogen-bond donors (Lipinski definition) is 0. The average Bonchev–Trinajstić information content (AvgIpc) is 2.03. The summed E-state index contributed by atoms with van der Waals surface area (Å²) < 4.78 is 28.9. The van der Waals surface area contributed by atoms with Crippen LogP contribution in [-0.2, 0) is 0 Å². The molecule has 0 N–H and O–H groups in total. The van der Waals surface area contributed by atoms with E-state index in [2.05, 4.69) is 20.7 Å². The number of thioether (sulfide) groups is 1. The fourth-order valence-corrected chi connectivity index (χ4v) is 1.69. The van der Waals surface area contributed by atoms with Crippen LogP contribution in [0.15, 0.2) is 27.6 Å². The third kappa shape index (κ3) is 3.15. The molecule has 0 saturated heterocycles. The maximum absolute atomic E-state index is 11.9. The molecule has 0 fully saturated rings. The van der Waals surface area contributed by atoms with Crippen molar-refractivity contribution in [2.45, 2.75) is 11.5 Å². The first-order chi connectivity index (χ1) is 6.13. The van der Waals surface area contributed by atoms with Gasteiger partial charge in [0.15, 0.2) is 0 Å². The molecule has 1 nitrogen and oxygen atoms in total. The molecule has 0 atom stereocenters. The lowest BCUT2D eigenvalue weighted by molar-refractivity contribution is -0.0516. The minimum absolute atomic E-state index is 0.205. The molecule has 5 heteroatoms. The van der Waals surface area contributed by atoms with Gasteiger partial charge in [-0.25, -0.2) is 0 Å². The molecular formula is C8H7BrF2OS. The van der Waals surface area contributed by atoms with Crippen LogP contribution in [0.5, 0.6) is 5.75 Å². The molecular weight excluding hydrogens is 262 g/mol. The minimum Gasteiger partial charge on any atom is -0.434 e. The van der Waals surface area contributed by atoms with Gasteiger partial charge in [0.2, 0.25) is 0 Å². The van der Waals surface area contributed by atoms with Crippen molar-refractivity contribution in [1.82, 2.24) is 0 Å². The third-order valence-corrected chi connectivity index (χ3v) is 2.61. The Hall–Kier alpha value is -0.290. The second-order valence-electron chi connectivity index (χ2n) is 2.17. The number of ether oxygens (including phenoxy) is 1. The van der Waals surface area contributed by atoms with Gasteiger partial charge in [-0.1, -0.05) is 15.9 Å². The molecule has 1 aromatic rings. The molecule has 0 aromatic heterocycles. The van der Waals surface area contributed by atoms with Gasteiger partial charge >= 0.3 is 6.61 Å². The Balaban J connectivity index is 2.94. The molecule has 0 amide bonds. The lowest BCUT2D eigenvalue weighted by atomic mass is 10.3. The molecule has 0 saturated carbocycles. The zero-order chi connectivity index (χ0) is 9.84. The Morgan fingerprint density at radius 3 is 2.69 bits per heavy atom. The van der Waals surface area contributed by atoms with E-state index in [1.54, 1.807) is 12.1 Å². The predicted octanol–water partition coefficient (Wildman–Crippen LogP) is 3.77. The monoisotopic (exact) mass is 268 g/mol. The number of benzene rings is 1. The van der Waals surface area contributed by atoms with Crippen molar-refractivity contribution in [3.05, 3.63) is 22.7 Å². The van der Waals surface area contributed by atoms with E-state index in [-0.39, 0.29) is 5.75 Å². The Bertz CT molecular complexity index is 293. The molecule has 0 heterocycles. The van der Waals surface area contributed by atoms with Crippen molar-refractivity contribution in [3.63, 3.8) is 0 Å². The molecule has 0 bridgehead atoms. The van der Waals surface area contributed by atoms with Gasteiger partial charge in [-0.05, 0) is 24.5 Å². The number of alkyl halides is 2. The lowest BCUT2D eigenvalue weighted by Gasteiger charge is -2.08. The quantitative estimate of drug-likeness (QED) is 0.772. The van der Waals surface area contributed by atoms with Gasteiger partial charge in [-0.3, -0.25) is 0 Å². The SMILES string of the molecule is CSc1ccc(Br)cc1OC(F)F. The van der Waals surface area contributed by atoms with E-state index in [1.807, 2.05) is 6.26 Å². The van der Waals surface area contributed by atoms with Crippen molar-refractivity contribution >= 4 is 27.7 Å². The van der Waals surface area contributed by atoms with Gasteiger partial charge in [-0.2, -0.15) is 8.78 Å². The van der Waals surface area contributed by atoms with E-state index in [9.17, 15) is 8.78 Å². The Morgan fingerprint density at radius 1 is 1.46 bits per heavy atom. The first-order valence-electron chi connectivity index (χ1n) is 3.42. The summed E-state index contributed by atoms with van der Waals surface area (Å²) in [4.78, 5) is 0.698. The van der Waals surface area contributed by atoms with Gasteiger partial charge in [0, 0.05) is 9.37 Å². The summed E-state index contributed by atoms with van der Waals surface area (Å²) in [6, 6.07) is 5.04. The van der Waals surface area contributed by atoms with E-state index in [1.165, 1.54) is 17.8 Å². The summed E-state index contributed by atoms with van der Waals surface area (Å²) in [7, 11) is 0. The predicted molar refractivity (Wildman–Crippen MR) is 52.6 cm³/mol. The highest BCUT2D eigenvalue weighted by Crippen LogP contribution is 2.31. The van der Waals surface area contributed by atoms with E-state index in [4.69, 9.17) is 0 Å². The van der Waals surface area contributed by atoms with Crippen LogP contribution in [0.2, 0.25) is 0 Å². The fraction of sp³-hybridized carbons (Fsp3) is 0.250. The first-order valence-corrected chi connectivity index (χ1v) is 5.43. The maximum atomic E-state index is 11.9. The topological polar surface area (TPSA) is 9.23 Å². The third-order valence-electron chi connectivity index (χ3n) is 1.34. The van der Waals surface area contributed by atoms with Gasteiger partial charge in [0.05, 0.1) is 0 Å². The smallest absolute Gasteiger partial charge is 0.387 e. The molecule has 1 aromatic carbocycles. The van der Waals surface area contributed by atoms with Gasteiger partial charge in [0.1, 0.15) is 5.75 Å². The average molecular weight is 269 g/mol. The van der Waals surface area contributed by atoms with Crippen LogP contribution in [0.1, 0.15) is 0 Å². The molecule has 0 unspecified atom stereocenters. The minimum atomic E-state index is -2.78. The van der Waals surface area contributed by atoms with Crippen molar-refractivity contribution in [3.8, 4) is 5.75 Å². The molecule has 0 aliphatic heterocycles. The Kier molecular flexibility index (Phi) is 3.99. The summed E-state index contributed by atoms with van der Waals surface area (Å²) in [6.45, 7) is -2.78. The Labute approximate surface area is 87.6 Å². The Morgan fingerprint density at radius 2 is 2.15 bits per heavy atom. The maximum Gasteiger partial charge on any atom is 0.387 e. The summed E-state index contributed by atoms with van der Waals surface area (Å²) >= 11 is 4.55. The zero-order valence-corrected chi connectivity index (χ0v) is 9.16. The van der Waals surface area contributed by atoms with Crippen LogP contribution in [0, 0.1) is 0 Å². The molecule has 0 radical (unpaired) electrons. The van der Waals surface area contributed by atoms with E-state index in [0.29, 0.717) is 4.90 Å². The number of rotatable bonds is 3. The van der Waals surface area contributed by atoms with Crippen molar-refractivity contribution in [2.24, 2.45) is 0 Å². The standard InChI is InChI=1S/C8H7BrF2OS/c1-13-7-3-2-5(9)4-6(7)12-8(10)11/h2-4,8H,1H3. The van der Waals surface area contributed by atoms with Crippen molar-refractivity contribution in [1.29, 1.82) is 0 Å². The normalized spacial score (nSPS) is 10.5. The van der Waals surface area contributed by atoms with E-state index in [0.717, 1.165) is 4.47 Å². The van der Waals surface area contributed by atoms with Gasteiger partial charge < -0.3 is 4.74 Å². The molecule has 0 spiro atoms. The molecule has 0 aliphatic rings. The van der Waals surface area contributed by atoms with Crippen LogP contribution >= 0.6 is 27.7 Å². The highest BCUT2D eigenvalue weighted by atomic mass is 79.9. The molecule has 72 valence electrons. The second kappa shape index (κ2) is 4.81. The molecule has 0 aliphatic carbocycles. The fourth-order valence-electron chi connectivity index (χ4n) is 0.839. The summed E-state index contributed by atoms with van der Waals surface area (Å²) in [5.74, 6) is 0.205. The van der Waals surface area contributed by atoms with Crippen LogP contribution in [0.25, 0.3) is 0 Å². The van der Waals surface area contributed by atoms with Gasteiger partial charge in [0.25, 0.3) is 0 Å². The van der Waals surface area contributed by atoms with Gasteiger partial charge in [-0.15, -0.1) is 11.8 Å². The first kappa shape index (κ1) is 10.8. The zero-order valence-electron chi connectivity index (χ0n) is 6.76. The van der Waals surface area contributed by atoms with Crippen molar-refractivity contribution < 1.29 is 13.5 Å². The summed E-state index contributed by atoms with van der Waals surface area (Å²) in [5.41, 5.74) is 0. The van der Waals surface area contributed by atoms with Crippen LogP contribution in [0.3, 0.4) is 0 Å². The van der Waals surface area contributed by atoms with E-state index >= 15 is 0 Å². The summed E-state index contributed by atoms with van der Waals surface area (Å²) in [6.07, 6.45) is 1.81. The largest absolute Gasteiger partial charge is 0.434 e. The van der Waals surface area contributed by atoms with Crippen LogP contribution in [0.4, 0.5) is 8.78 Å².